The zero-order valence-corrected chi connectivity index (χ0v) is 39.1. The summed E-state index contributed by atoms with van der Waals surface area (Å²) in [5.74, 6) is -1.01. The average Bonchev–Trinajstić information content (AvgIpc) is 3.14. The molecule has 3 aromatic carbocycles. The van der Waals surface area contributed by atoms with Gasteiger partial charge in [0.25, 0.3) is 8.32 Å². The topological polar surface area (TPSA) is 78.9 Å². The number of hydrogen-bond acceptors (Lipinski definition) is 6. The van der Waals surface area contributed by atoms with Crippen LogP contribution in [0.15, 0.2) is 131 Å². The molecular formula is C48H68O6SSi2. The Kier molecular flexibility index (Phi) is 16.1. The normalized spacial score (nSPS) is 21.4. The van der Waals surface area contributed by atoms with Crippen molar-refractivity contribution in [3.8, 4) is 0 Å². The summed E-state index contributed by atoms with van der Waals surface area (Å²) in [6.07, 6.45) is 5.45. The summed E-state index contributed by atoms with van der Waals surface area (Å²) >= 11 is 0. The summed E-state index contributed by atoms with van der Waals surface area (Å²) in [4.78, 5) is 14.6. The van der Waals surface area contributed by atoms with E-state index < -0.39 is 43.7 Å². The van der Waals surface area contributed by atoms with Crippen molar-refractivity contribution >= 4 is 42.4 Å². The number of carbonyl (C=O) groups excluding carboxylic acids is 1. The number of ketones is 1. The summed E-state index contributed by atoms with van der Waals surface area (Å²) in [5, 5.41) is 2.39. The first-order valence-electron chi connectivity index (χ1n) is 20.5. The van der Waals surface area contributed by atoms with E-state index in [0.717, 1.165) is 23.6 Å². The van der Waals surface area contributed by atoms with Crippen molar-refractivity contribution in [1.29, 1.82) is 0 Å². The molecule has 6 nitrogen and oxygen atoms in total. The van der Waals surface area contributed by atoms with Gasteiger partial charge in [-0.25, -0.2) is 8.42 Å². The fraction of sp³-hybridized carbons (Fsp3) is 0.479. The lowest BCUT2D eigenvalue weighted by molar-refractivity contribution is -0.139. The Morgan fingerprint density at radius 1 is 0.895 bits per heavy atom. The molecule has 310 valence electrons. The molecule has 1 saturated carbocycles. The van der Waals surface area contributed by atoms with Gasteiger partial charge in [0.2, 0.25) is 0 Å². The summed E-state index contributed by atoms with van der Waals surface area (Å²) in [6, 6.07) is 30.9. The van der Waals surface area contributed by atoms with Crippen molar-refractivity contribution in [2.75, 3.05) is 25.8 Å². The number of sulfone groups is 1. The van der Waals surface area contributed by atoms with Crippen LogP contribution in [0.5, 0.6) is 0 Å². The first-order valence-corrected chi connectivity index (χ1v) is 27.8. The van der Waals surface area contributed by atoms with Crippen LogP contribution in [-0.4, -0.2) is 62.5 Å². The molecule has 4 atom stereocenters. The molecule has 57 heavy (non-hydrogen) atoms. The average molecular weight is 829 g/mol. The highest BCUT2D eigenvalue weighted by Crippen LogP contribution is 2.50. The van der Waals surface area contributed by atoms with Crippen LogP contribution in [0.1, 0.15) is 67.7 Å². The van der Waals surface area contributed by atoms with E-state index >= 15 is 0 Å². The molecule has 3 aromatic rings. The van der Waals surface area contributed by atoms with Gasteiger partial charge in [0.15, 0.2) is 15.6 Å². The predicted octanol–water partition coefficient (Wildman–Crippen LogP) is 10.2. The highest BCUT2D eigenvalue weighted by Gasteiger charge is 2.51. The lowest BCUT2D eigenvalue weighted by Gasteiger charge is -2.48. The Morgan fingerprint density at radius 2 is 1.44 bits per heavy atom. The maximum Gasteiger partial charge on any atom is 0.261 e. The van der Waals surface area contributed by atoms with Gasteiger partial charge < -0.3 is 13.9 Å². The Labute approximate surface area is 346 Å². The molecule has 1 aliphatic carbocycles. The molecule has 0 N–H and O–H groups in total. The van der Waals surface area contributed by atoms with Crippen LogP contribution >= 0.6 is 0 Å². The van der Waals surface area contributed by atoms with Crippen LogP contribution in [-0.2, 0) is 28.5 Å². The minimum absolute atomic E-state index is 0.0840. The summed E-state index contributed by atoms with van der Waals surface area (Å²) in [6.45, 7) is 27.5. The summed E-state index contributed by atoms with van der Waals surface area (Å²) in [5.41, 5.74) is 1.88. The Hall–Kier alpha value is -3.19. The number of carbonyl (C=O) groups is 1. The van der Waals surface area contributed by atoms with Gasteiger partial charge in [-0.1, -0.05) is 162 Å². The maximum atomic E-state index is 14.3. The van der Waals surface area contributed by atoms with Crippen LogP contribution < -0.4 is 10.4 Å². The molecule has 1 fully saturated rings. The first-order chi connectivity index (χ1) is 26.7. The van der Waals surface area contributed by atoms with E-state index in [-0.39, 0.29) is 34.2 Å². The van der Waals surface area contributed by atoms with Crippen LogP contribution in [0.2, 0.25) is 30.7 Å². The maximum absolute atomic E-state index is 14.3. The molecule has 9 heteroatoms. The Morgan fingerprint density at radius 3 is 1.96 bits per heavy atom. The number of ether oxygens (including phenoxy) is 2. The molecule has 4 rings (SSSR count). The van der Waals surface area contributed by atoms with Gasteiger partial charge in [-0.05, 0) is 78.7 Å². The molecule has 0 radical (unpaired) electrons. The largest absolute Gasteiger partial charge is 0.403 e. The molecule has 0 aromatic heterocycles. The van der Waals surface area contributed by atoms with Crippen molar-refractivity contribution in [3.05, 3.63) is 126 Å². The van der Waals surface area contributed by atoms with E-state index in [4.69, 9.17) is 13.9 Å². The lowest BCUT2D eigenvalue weighted by Crippen LogP contribution is -2.66. The van der Waals surface area contributed by atoms with Crippen molar-refractivity contribution in [1.82, 2.24) is 0 Å². The third-order valence-electron chi connectivity index (χ3n) is 11.8. The molecular weight excluding hydrogens is 761 g/mol. The van der Waals surface area contributed by atoms with E-state index in [1.807, 2.05) is 26.8 Å². The molecule has 0 saturated heterocycles. The summed E-state index contributed by atoms with van der Waals surface area (Å²) < 4.78 is 46.8. The molecule has 0 aliphatic heterocycles. The Bertz CT molecular complexity index is 1910. The van der Waals surface area contributed by atoms with E-state index in [0.29, 0.717) is 31.6 Å². The minimum Gasteiger partial charge on any atom is -0.403 e. The second-order valence-electron chi connectivity index (χ2n) is 18.6. The zero-order chi connectivity index (χ0) is 42.1. The van der Waals surface area contributed by atoms with E-state index in [2.05, 4.69) is 121 Å². The number of rotatable bonds is 19. The van der Waals surface area contributed by atoms with E-state index in [1.165, 1.54) is 10.4 Å². The van der Waals surface area contributed by atoms with Crippen molar-refractivity contribution in [2.45, 2.75) is 109 Å². The molecule has 0 unspecified atom stereocenters. The fourth-order valence-corrected chi connectivity index (χ4v) is 15.4. The van der Waals surface area contributed by atoms with Gasteiger partial charge >= 0.3 is 0 Å². The third kappa shape index (κ3) is 12.0. The second kappa shape index (κ2) is 19.7. The molecule has 0 heterocycles. The third-order valence-corrected chi connectivity index (χ3v) is 20.4. The van der Waals surface area contributed by atoms with Crippen molar-refractivity contribution in [3.63, 3.8) is 0 Å². The summed E-state index contributed by atoms with van der Waals surface area (Å²) in [7, 11) is -7.59. The fourth-order valence-electron chi connectivity index (χ4n) is 8.07. The molecule has 0 spiro atoms. The van der Waals surface area contributed by atoms with E-state index in [9.17, 15) is 13.2 Å². The van der Waals surface area contributed by atoms with Gasteiger partial charge in [-0.3, -0.25) is 4.79 Å². The molecule has 0 bridgehead atoms. The Balaban J connectivity index is 1.51. The van der Waals surface area contributed by atoms with Gasteiger partial charge in [0, 0.05) is 20.1 Å². The number of benzene rings is 3. The highest BCUT2D eigenvalue weighted by molar-refractivity contribution is 7.91. The van der Waals surface area contributed by atoms with E-state index in [1.54, 1.807) is 30.3 Å². The van der Waals surface area contributed by atoms with Crippen LogP contribution in [0.25, 0.3) is 0 Å². The SMILES string of the molecule is C=C1[C@H](C(=O)/C=C(\C)CC/C=C(\C)CO[Si](c2ccccc2)(c2ccccc2)C(C)(C)C)[C@@H](OCOCC[Si](C)(C)C)C[C@@H](C)[C@]1(C)CS(=O)(=O)c1ccccc1. The van der Waals surface area contributed by atoms with Gasteiger partial charge in [-0.2, -0.15) is 0 Å². The lowest BCUT2D eigenvalue weighted by atomic mass is 9.60. The van der Waals surface area contributed by atoms with Gasteiger partial charge in [0.05, 0.1) is 29.3 Å². The second-order valence-corrected chi connectivity index (χ2v) is 30.5. The first kappa shape index (κ1) is 46.5. The predicted molar refractivity (Wildman–Crippen MR) is 242 cm³/mol. The van der Waals surface area contributed by atoms with Gasteiger partial charge in [0.1, 0.15) is 6.79 Å². The molecule has 1 aliphatic rings. The number of allylic oxidation sites excluding steroid dienone is 3. The van der Waals surface area contributed by atoms with Crippen LogP contribution in [0, 0.1) is 17.3 Å². The van der Waals surface area contributed by atoms with Crippen molar-refractivity contribution < 1.29 is 27.1 Å². The van der Waals surface area contributed by atoms with Gasteiger partial charge in [-0.15, -0.1) is 0 Å². The number of hydrogen-bond donors (Lipinski definition) is 0. The zero-order valence-electron chi connectivity index (χ0n) is 36.3. The van der Waals surface area contributed by atoms with Crippen molar-refractivity contribution in [2.24, 2.45) is 17.3 Å². The smallest absolute Gasteiger partial charge is 0.261 e. The minimum atomic E-state index is -3.65. The highest BCUT2D eigenvalue weighted by atomic mass is 32.2. The van der Waals surface area contributed by atoms with Crippen LogP contribution in [0.3, 0.4) is 0 Å². The standard InChI is InChI=1S/C48H68O6SSi2/c1-37(22-21-23-38(2)34-54-57(47(5,6)7,42-26-17-13-18-27-42)43-28-19-14-20-29-43)32-44(49)46-40(4)48(8,35-55(50,51)41-24-15-12-16-25-41)39(3)33-45(46)53-36-52-30-31-56(9,10)11/h12-20,23-29,32,39,45-46H,4,21-22,30-31,33-36H2,1-3,5-11H3/b37-32+,38-23+/t39-,45+,46-,48+/m1/s1. The van der Waals surface area contributed by atoms with Crippen LogP contribution in [0.4, 0.5) is 0 Å². The monoisotopic (exact) mass is 828 g/mol. The quantitative estimate of drug-likeness (QED) is 0.0394. The molecule has 0 amide bonds.